The normalized spacial score (nSPS) is 11.2. The number of nitrogens with zero attached hydrogens (tertiary/aromatic N) is 4. The van der Waals surface area contributed by atoms with Crippen LogP contribution < -0.4 is 4.90 Å². The molecule has 0 atom stereocenters. The summed E-state index contributed by atoms with van der Waals surface area (Å²) in [4.78, 5) is 18.0. The Labute approximate surface area is 359 Å². The van der Waals surface area contributed by atoms with E-state index in [0.717, 1.165) is 89.1 Å². The number of fused-ring (bicyclic) bond motifs is 3. The third kappa shape index (κ3) is 6.97. The second-order valence-corrected chi connectivity index (χ2v) is 15.2. The van der Waals surface area contributed by atoms with E-state index in [0.29, 0.717) is 17.5 Å². The molecule has 0 unspecified atom stereocenters. The quantitative estimate of drug-likeness (QED) is 0.146. The molecule has 0 saturated heterocycles. The molecule has 0 radical (unpaired) electrons. The van der Waals surface area contributed by atoms with E-state index >= 15 is 0 Å². The highest BCUT2D eigenvalue weighted by Crippen LogP contribution is 2.49. The van der Waals surface area contributed by atoms with Gasteiger partial charge in [0.2, 0.25) is 0 Å². The molecule has 9 aromatic carbocycles. The first-order valence-corrected chi connectivity index (χ1v) is 20.8. The van der Waals surface area contributed by atoms with Crippen LogP contribution in [0.1, 0.15) is 0 Å². The molecule has 0 saturated carbocycles. The highest BCUT2D eigenvalue weighted by molar-refractivity contribution is 6.08. The Kier molecular flexibility index (Phi) is 9.45. The molecule has 5 heteroatoms. The first-order valence-electron chi connectivity index (χ1n) is 20.8. The van der Waals surface area contributed by atoms with Gasteiger partial charge >= 0.3 is 0 Å². The SMILES string of the molecule is c1ccc(-c2ccc(-c3nc(-c4ccccc4)nc(-c4cc(-c5ccccc5)c(N(c5ccccc5)c5ccc6oc7ccccc7c6c5)c(-c5ccccc5)c4)n3)cc2)cc1. The van der Waals surface area contributed by atoms with Gasteiger partial charge in [-0.15, -0.1) is 0 Å². The summed E-state index contributed by atoms with van der Waals surface area (Å²) in [5, 5.41) is 2.13. The third-order valence-corrected chi connectivity index (χ3v) is 11.3. The zero-order valence-corrected chi connectivity index (χ0v) is 33.6. The Morgan fingerprint density at radius 2 is 0.710 bits per heavy atom. The number of benzene rings is 9. The number of hydrogen-bond acceptors (Lipinski definition) is 5. The summed E-state index contributed by atoms with van der Waals surface area (Å²) in [6.45, 7) is 0. The lowest BCUT2D eigenvalue weighted by Gasteiger charge is -2.31. The van der Waals surface area contributed by atoms with Gasteiger partial charge in [-0.2, -0.15) is 0 Å². The van der Waals surface area contributed by atoms with Crippen LogP contribution in [0.25, 0.3) is 89.5 Å². The lowest BCUT2D eigenvalue weighted by molar-refractivity contribution is 0.669. The molecule has 0 aliphatic heterocycles. The molecule has 0 amide bonds. The van der Waals surface area contributed by atoms with Gasteiger partial charge in [0.15, 0.2) is 17.5 Å². The second kappa shape index (κ2) is 16.0. The maximum atomic E-state index is 6.32. The Morgan fingerprint density at radius 3 is 1.29 bits per heavy atom. The largest absolute Gasteiger partial charge is 0.456 e. The number of furan rings is 1. The average molecular weight is 795 g/mol. The van der Waals surface area contributed by atoms with Crippen molar-refractivity contribution in [1.82, 2.24) is 15.0 Å². The van der Waals surface area contributed by atoms with Gasteiger partial charge in [-0.3, -0.25) is 0 Å². The monoisotopic (exact) mass is 794 g/mol. The van der Waals surface area contributed by atoms with Gasteiger partial charge in [0, 0.05) is 50.0 Å². The lowest BCUT2D eigenvalue weighted by Crippen LogP contribution is -2.13. The molecule has 5 nitrogen and oxygen atoms in total. The van der Waals surface area contributed by atoms with Crippen molar-refractivity contribution in [2.75, 3.05) is 4.90 Å². The maximum absolute atomic E-state index is 6.32. The number of rotatable bonds is 9. The van der Waals surface area contributed by atoms with Gasteiger partial charge in [-0.1, -0.05) is 182 Å². The van der Waals surface area contributed by atoms with Crippen molar-refractivity contribution in [1.29, 1.82) is 0 Å². The summed E-state index contributed by atoms with van der Waals surface area (Å²) in [5.41, 5.74) is 13.9. The molecule has 11 rings (SSSR count). The van der Waals surface area contributed by atoms with Crippen molar-refractivity contribution < 1.29 is 4.42 Å². The molecule has 2 aromatic heterocycles. The second-order valence-electron chi connectivity index (χ2n) is 15.2. The van der Waals surface area contributed by atoms with Crippen LogP contribution in [0, 0.1) is 0 Å². The average Bonchev–Trinajstić information content (AvgIpc) is 3.73. The van der Waals surface area contributed by atoms with E-state index in [9.17, 15) is 0 Å². The predicted octanol–water partition coefficient (Wildman–Crippen LogP) is 15.2. The van der Waals surface area contributed by atoms with Crippen molar-refractivity contribution in [3.05, 3.63) is 231 Å². The first-order chi connectivity index (χ1) is 30.7. The first kappa shape index (κ1) is 36.7. The minimum Gasteiger partial charge on any atom is -0.456 e. The smallest absolute Gasteiger partial charge is 0.164 e. The number of aromatic nitrogens is 3. The van der Waals surface area contributed by atoms with Gasteiger partial charge < -0.3 is 9.32 Å². The van der Waals surface area contributed by atoms with Crippen LogP contribution in [-0.4, -0.2) is 15.0 Å². The standard InChI is InChI=1S/C57H38N4O/c1-6-18-39(19-7-1)40-30-32-44(33-31-40)56-58-55(43-24-12-4-13-25-43)59-57(60-56)45-36-49(41-20-8-2-9-21-41)54(50(37-45)42-22-10-3-11-23-42)61(46-26-14-5-15-27-46)47-34-35-53-51(38-47)48-28-16-17-29-52(48)62-53/h1-38H. The third-order valence-electron chi connectivity index (χ3n) is 11.3. The zero-order chi connectivity index (χ0) is 41.2. The molecule has 0 fully saturated rings. The molecule has 0 N–H and O–H groups in total. The van der Waals surface area contributed by atoms with Crippen LogP contribution in [-0.2, 0) is 0 Å². The fraction of sp³-hybridized carbons (Fsp3) is 0. The Bertz CT molecular complexity index is 3260. The van der Waals surface area contributed by atoms with Crippen LogP contribution >= 0.6 is 0 Å². The minimum atomic E-state index is 0.583. The Morgan fingerprint density at radius 1 is 0.290 bits per heavy atom. The van der Waals surface area contributed by atoms with E-state index < -0.39 is 0 Å². The Hall–Kier alpha value is -8.41. The number of para-hydroxylation sites is 2. The fourth-order valence-corrected chi connectivity index (χ4v) is 8.31. The van der Waals surface area contributed by atoms with Gasteiger partial charge in [0.25, 0.3) is 0 Å². The molecule has 292 valence electrons. The summed E-state index contributed by atoms with van der Waals surface area (Å²) in [6.07, 6.45) is 0. The molecule has 2 heterocycles. The van der Waals surface area contributed by atoms with Crippen molar-refractivity contribution in [3.63, 3.8) is 0 Å². The number of hydrogen-bond donors (Lipinski definition) is 0. The van der Waals surface area contributed by atoms with Crippen molar-refractivity contribution in [3.8, 4) is 67.5 Å². The summed E-state index contributed by atoms with van der Waals surface area (Å²) in [5.74, 6) is 1.79. The van der Waals surface area contributed by atoms with E-state index in [1.807, 2.05) is 48.5 Å². The van der Waals surface area contributed by atoms with Crippen LogP contribution in [0.15, 0.2) is 235 Å². The maximum Gasteiger partial charge on any atom is 0.164 e. The van der Waals surface area contributed by atoms with Gasteiger partial charge in [-0.05, 0) is 70.8 Å². The molecular weight excluding hydrogens is 757 g/mol. The highest BCUT2D eigenvalue weighted by Gasteiger charge is 2.25. The predicted molar refractivity (Wildman–Crippen MR) is 254 cm³/mol. The van der Waals surface area contributed by atoms with E-state index in [4.69, 9.17) is 19.4 Å². The zero-order valence-electron chi connectivity index (χ0n) is 33.6. The van der Waals surface area contributed by atoms with Crippen LogP contribution in [0.5, 0.6) is 0 Å². The Balaban J connectivity index is 1.17. The van der Waals surface area contributed by atoms with Crippen molar-refractivity contribution in [2.45, 2.75) is 0 Å². The summed E-state index contributed by atoms with van der Waals surface area (Å²) < 4.78 is 6.32. The molecule has 62 heavy (non-hydrogen) atoms. The van der Waals surface area contributed by atoms with Gasteiger partial charge in [-0.25, -0.2) is 15.0 Å². The van der Waals surface area contributed by atoms with E-state index in [1.165, 1.54) is 0 Å². The minimum absolute atomic E-state index is 0.583. The molecule has 0 aliphatic carbocycles. The number of anilines is 3. The molecule has 0 aliphatic rings. The van der Waals surface area contributed by atoms with Crippen molar-refractivity contribution in [2.24, 2.45) is 0 Å². The van der Waals surface area contributed by atoms with Crippen LogP contribution in [0.2, 0.25) is 0 Å². The summed E-state index contributed by atoms with van der Waals surface area (Å²) >= 11 is 0. The van der Waals surface area contributed by atoms with Gasteiger partial charge in [0.05, 0.1) is 5.69 Å². The summed E-state index contributed by atoms with van der Waals surface area (Å²) in [7, 11) is 0. The topological polar surface area (TPSA) is 55.1 Å². The molecule has 11 aromatic rings. The van der Waals surface area contributed by atoms with E-state index in [2.05, 4.69) is 187 Å². The summed E-state index contributed by atoms with van der Waals surface area (Å²) in [6, 6.07) is 80.0. The van der Waals surface area contributed by atoms with Gasteiger partial charge in [0.1, 0.15) is 11.2 Å². The van der Waals surface area contributed by atoms with E-state index in [1.54, 1.807) is 0 Å². The molecule has 0 spiro atoms. The fourth-order valence-electron chi connectivity index (χ4n) is 8.31. The molecular formula is C57H38N4O. The molecule has 0 bridgehead atoms. The van der Waals surface area contributed by atoms with Crippen molar-refractivity contribution >= 4 is 39.0 Å². The highest BCUT2D eigenvalue weighted by atomic mass is 16.3. The van der Waals surface area contributed by atoms with Crippen LogP contribution in [0.3, 0.4) is 0 Å². The van der Waals surface area contributed by atoms with E-state index in [-0.39, 0.29) is 0 Å². The lowest BCUT2D eigenvalue weighted by atomic mass is 9.91. The van der Waals surface area contributed by atoms with Crippen LogP contribution in [0.4, 0.5) is 17.1 Å².